The molecule has 128 valence electrons. The second-order valence-electron chi connectivity index (χ2n) is 6.65. The summed E-state index contributed by atoms with van der Waals surface area (Å²) in [5, 5.41) is 10.5. The van der Waals surface area contributed by atoms with Gasteiger partial charge in [0.15, 0.2) is 0 Å². The molecule has 1 N–H and O–H groups in total. The summed E-state index contributed by atoms with van der Waals surface area (Å²) in [6.45, 7) is 6.25. The van der Waals surface area contributed by atoms with Crippen molar-refractivity contribution < 1.29 is 30.7 Å². The summed E-state index contributed by atoms with van der Waals surface area (Å²) in [4.78, 5) is 4.61. The van der Waals surface area contributed by atoms with E-state index in [1.54, 1.807) is 7.11 Å². The predicted molar refractivity (Wildman–Crippen MR) is 94.9 cm³/mol. The Labute approximate surface area is 158 Å². The zero-order valence-corrected chi connectivity index (χ0v) is 18.2. The van der Waals surface area contributed by atoms with Crippen LogP contribution < -0.4 is 4.74 Å². The van der Waals surface area contributed by atoms with E-state index in [0.717, 1.165) is 29.7 Å². The second kappa shape index (κ2) is 10.1. The van der Waals surface area contributed by atoms with E-state index in [1.165, 1.54) is 12.8 Å². The summed E-state index contributed by atoms with van der Waals surface area (Å²) in [5.74, 6) is 1.08. The molecule has 0 amide bonds. The van der Waals surface area contributed by atoms with Gasteiger partial charge in [-0.1, -0.05) is 33.6 Å². The second-order valence-corrected chi connectivity index (χ2v) is 10.4. The molecule has 1 aliphatic carbocycles. The van der Waals surface area contributed by atoms with E-state index in [1.807, 2.05) is 18.3 Å². The number of nitrogens with zero attached hydrogens (tertiary/aromatic N) is 1. The minimum absolute atomic E-state index is 0.130. The number of methoxy groups -OCH3 is 1. The normalized spacial score (nSPS) is 15.4. The third-order valence-electron chi connectivity index (χ3n) is 3.91. The molecule has 23 heavy (non-hydrogen) atoms. The van der Waals surface area contributed by atoms with Crippen molar-refractivity contribution in [1.29, 1.82) is 0 Å². The van der Waals surface area contributed by atoms with Gasteiger partial charge in [0.1, 0.15) is 11.5 Å². The van der Waals surface area contributed by atoms with Crippen LogP contribution in [0.4, 0.5) is 0 Å². The van der Waals surface area contributed by atoms with Gasteiger partial charge < -0.3 is 9.84 Å². The summed E-state index contributed by atoms with van der Waals surface area (Å²) < 4.78 is 5.34. The van der Waals surface area contributed by atoms with E-state index in [4.69, 9.17) is 21.8 Å². The Bertz CT molecular complexity index is 524. The van der Waals surface area contributed by atoms with Crippen LogP contribution >= 0.6 is 17.0 Å². The third kappa shape index (κ3) is 6.76. The molecule has 0 aromatic heterocycles. The number of hydrogen-bond donors (Lipinski definition) is 1. The maximum atomic E-state index is 10.5. The van der Waals surface area contributed by atoms with Crippen molar-refractivity contribution in [3.05, 3.63) is 23.3 Å². The summed E-state index contributed by atoms with van der Waals surface area (Å²) in [6, 6.07) is 4.17. The van der Waals surface area contributed by atoms with Crippen molar-refractivity contribution in [3.8, 4) is 11.5 Å². The van der Waals surface area contributed by atoms with Crippen molar-refractivity contribution in [2.24, 2.45) is 4.99 Å². The molecule has 3 nitrogen and oxygen atoms in total. The zero-order valence-electron chi connectivity index (χ0n) is 14.2. The van der Waals surface area contributed by atoms with Crippen LogP contribution in [0.15, 0.2) is 17.1 Å². The molecule has 0 aliphatic heterocycles. The Kier molecular flexibility index (Phi) is 9.18. The van der Waals surface area contributed by atoms with E-state index in [2.05, 4.69) is 25.8 Å². The molecule has 6 heteroatoms. The average molecular weight is 438 g/mol. The number of aliphatic imine (C=N–C) groups is 1. The molecule has 1 aromatic rings. The fraction of sp³-hybridized carbons (Fsp3) is 0.588. The number of hydrogen-bond acceptors (Lipinski definition) is 3. The van der Waals surface area contributed by atoms with Gasteiger partial charge in [-0.25, -0.2) is 0 Å². The molecule has 0 saturated heterocycles. The van der Waals surface area contributed by atoms with Gasteiger partial charge in [0.25, 0.3) is 0 Å². The Hall–Kier alpha value is -0.0469. The summed E-state index contributed by atoms with van der Waals surface area (Å²) in [5.41, 5.74) is 1.51. The summed E-state index contributed by atoms with van der Waals surface area (Å²) >= 11 is -0.826. The van der Waals surface area contributed by atoms with Crippen LogP contribution in [0.1, 0.15) is 57.6 Å². The molecule has 0 unspecified atom stereocenters. The number of ether oxygens (including phenoxy) is 1. The fourth-order valence-corrected chi connectivity index (χ4v) is 2.66. The number of halogens is 2. The first kappa shape index (κ1) is 21.0. The fourth-order valence-electron chi connectivity index (χ4n) is 2.66. The Balaban J connectivity index is 0.000000816. The van der Waals surface area contributed by atoms with Crippen molar-refractivity contribution in [2.75, 3.05) is 7.11 Å². The van der Waals surface area contributed by atoms with Crippen molar-refractivity contribution in [1.82, 2.24) is 0 Å². The molecular formula is C17H25Cl2NO2Zr. The standard InChI is InChI=1S/C17H25NO2.2ClH.Zr/c1-17(2,3)15-10-14(20-4)9-12(16(15)19)11-18-13-7-5-6-8-13;;;/h9-11,13,19H,5-8H2,1-4H3;2*1H;/q;;;+2/p-2. The number of phenolic OH excluding ortho intramolecular Hbond substituents is 1. The molecule has 1 saturated carbocycles. The molecule has 0 spiro atoms. The molecular weight excluding hydrogens is 412 g/mol. The van der Waals surface area contributed by atoms with Crippen LogP contribution in [0.2, 0.25) is 0 Å². The number of rotatable bonds is 3. The van der Waals surface area contributed by atoms with Crippen LogP contribution in [-0.4, -0.2) is 24.5 Å². The van der Waals surface area contributed by atoms with Crippen molar-refractivity contribution in [2.45, 2.75) is 57.9 Å². The third-order valence-corrected chi connectivity index (χ3v) is 3.91. The SMILES string of the molecule is COc1cc(C=NC2CCCC2)c(O)c(C(C)(C)C)c1.[Cl][Zr][Cl]. The van der Waals surface area contributed by atoms with Crippen molar-refractivity contribution >= 4 is 23.2 Å². The Morgan fingerprint density at radius 1 is 1.26 bits per heavy atom. The minimum atomic E-state index is -0.826. The van der Waals surface area contributed by atoms with Gasteiger partial charge >= 0.3 is 37.9 Å². The topological polar surface area (TPSA) is 41.8 Å². The van der Waals surface area contributed by atoms with Crippen LogP contribution in [0, 0.1) is 0 Å². The van der Waals surface area contributed by atoms with Gasteiger partial charge in [-0.15, -0.1) is 0 Å². The first-order valence-corrected chi connectivity index (χ1v) is 14.1. The van der Waals surface area contributed by atoms with E-state index in [-0.39, 0.29) is 5.41 Å². The van der Waals surface area contributed by atoms with E-state index >= 15 is 0 Å². The first-order valence-electron chi connectivity index (χ1n) is 7.74. The van der Waals surface area contributed by atoms with Gasteiger partial charge in [-0.05, 0) is 30.4 Å². The monoisotopic (exact) mass is 435 g/mol. The maximum absolute atomic E-state index is 10.5. The summed E-state index contributed by atoms with van der Waals surface area (Å²) in [6.07, 6.45) is 6.66. The summed E-state index contributed by atoms with van der Waals surface area (Å²) in [7, 11) is 11.5. The molecule has 2 rings (SSSR count). The van der Waals surface area contributed by atoms with E-state index in [0.29, 0.717) is 11.8 Å². The molecule has 1 aromatic carbocycles. The van der Waals surface area contributed by atoms with Crippen molar-refractivity contribution in [3.63, 3.8) is 0 Å². The van der Waals surface area contributed by atoms with Crippen LogP contribution in [-0.2, 0) is 26.3 Å². The molecule has 0 radical (unpaired) electrons. The van der Waals surface area contributed by atoms with E-state index < -0.39 is 20.8 Å². The molecule has 0 atom stereocenters. The molecule has 0 bridgehead atoms. The average Bonchev–Trinajstić information content (AvgIpc) is 2.99. The van der Waals surface area contributed by atoms with Gasteiger partial charge in [0.05, 0.1) is 7.11 Å². The Morgan fingerprint density at radius 2 is 1.83 bits per heavy atom. The molecule has 1 aliphatic rings. The van der Waals surface area contributed by atoms with Gasteiger partial charge in [-0.3, -0.25) is 4.99 Å². The van der Waals surface area contributed by atoms with Gasteiger partial charge in [0.2, 0.25) is 0 Å². The molecule has 1 fully saturated rings. The number of phenols is 1. The van der Waals surface area contributed by atoms with Gasteiger partial charge in [-0.2, -0.15) is 0 Å². The number of aromatic hydroxyl groups is 1. The van der Waals surface area contributed by atoms with E-state index in [9.17, 15) is 5.11 Å². The number of benzene rings is 1. The van der Waals surface area contributed by atoms with Gasteiger partial charge in [0, 0.05) is 23.4 Å². The molecule has 0 heterocycles. The zero-order chi connectivity index (χ0) is 17.5. The van der Waals surface area contributed by atoms with Crippen LogP contribution in [0.5, 0.6) is 11.5 Å². The first-order chi connectivity index (χ1) is 10.8. The van der Waals surface area contributed by atoms with Crippen LogP contribution in [0.25, 0.3) is 0 Å². The quantitative estimate of drug-likeness (QED) is 0.640. The predicted octanol–water partition coefficient (Wildman–Crippen LogP) is 5.44. The van der Waals surface area contributed by atoms with Crippen LogP contribution in [0.3, 0.4) is 0 Å². The Morgan fingerprint density at radius 3 is 2.30 bits per heavy atom.